The second-order valence-electron chi connectivity index (χ2n) is 2.87. The number of rotatable bonds is 6. The molecule has 0 aliphatic carbocycles. The summed E-state index contributed by atoms with van der Waals surface area (Å²) in [6, 6.07) is 0. The molecule has 0 fully saturated rings. The lowest BCUT2D eigenvalue weighted by Crippen LogP contribution is -2.51. The fraction of sp³-hybridized carbons (Fsp3) is 0.857. The minimum absolute atomic E-state index is 0.260. The van der Waals surface area contributed by atoms with E-state index in [0.29, 0.717) is 13.0 Å². The Kier molecular flexibility index (Phi) is 4.80. The summed E-state index contributed by atoms with van der Waals surface area (Å²) in [5.74, 6) is -1.16. The summed E-state index contributed by atoms with van der Waals surface area (Å²) >= 11 is 0. The Labute approximate surface area is 71.4 Å². The number of carboxylic acid groups (broad SMARTS) is 1. The second kappa shape index (κ2) is 5.08. The SMILES string of the molecule is NCCCCC(N)(CO)C(=O)O. The van der Waals surface area contributed by atoms with E-state index in [0.717, 1.165) is 6.42 Å². The van der Waals surface area contributed by atoms with Gasteiger partial charge in [0, 0.05) is 0 Å². The first-order valence-corrected chi connectivity index (χ1v) is 3.90. The van der Waals surface area contributed by atoms with Crippen LogP contribution in [-0.4, -0.2) is 34.9 Å². The quantitative estimate of drug-likeness (QED) is 0.384. The number of hydrogen-bond donors (Lipinski definition) is 4. The highest BCUT2D eigenvalue weighted by Crippen LogP contribution is 2.10. The van der Waals surface area contributed by atoms with Crippen molar-refractivity contribution in [3.8, 4) is 0 Å². The van der Waals surface area contributed by atoms with Gasteiger partial charge in [-0.05, 0) is 25.8 Å². The fourth-order valence-electron chi connectivity index (χ4n) is 0.838. The van der Waals surface area contributed by atoms with Crippen molar-refractivity contribution in [2.45, 2.75) is 24.8 Å². The summed E-state index contributed by atoms with van der Waals surface area (Å²) in [4.78, 5) is 10.5. The molecule has 0 heterocycles. The van der Waals surface area contributed by atoms with Gasteiger partial charge in [0.2, 0.25) is 0 Å². The number of carboxylic acids is 1. The third-order valence-electron chi connectivity index (χ3n) is 1.79. The minimum Gasteiger partial charge on any atom is -0.480 e. The van der Waals surface area contributed by atoms with E-state index in [-0.39, 0.29) is 6.42 Å². The maximum atomic E-state index is 10.5. The van der Waals surface area contributed by atoms with E-state index in [1.807, 2.05) is 0 Å². The summed E-state index contributed by atoms with van der Waals surface area (Å²) in [6.07, 6.45) is 1.61. The van der Waals surface area contributed by atoms with Crippen LogP contribution < -0.4 is 11.5 Å². The monoisotopic (exact) mass is 176 g/mol. The Bertz CT molecular complexity index is 152. The third kappa shape index (κ3) is 3.17. The van der Waals surface area contributed by atoms with E-state index in [1.54, 1.807) is 0 Å². The van der Waals surface area contributed by atoms with Gasteiger partial charge >= 0.3 is 5.97 Å². The van der Waals surface area contributed by atoms with Gasteiger partial charge in [0.15, 0.2) is 0 Å². The molecule has 5 nitrogen and oxygen atoms in total. The maximum absolute atomic E-state index is 10.5. The molecule has 1 atom stereocenters. The van der Waals surface area contributed by atoms with E-state index in [2.05, 4.69) is 0 Å². The van der Waals surface area contributed by atoms with Gasteiger partial charge in [-0.15, -0.1) is 0 Å². The van der Waals surface area contributed by atoms with Crippen LogP contribution in [0.5, 0.6) is 0 Å². The zero-order chi connectivity index (χ0) is 9.61. The molecule has 72 valence electrons. The average molecular weight is 176 g/mol. The Balaban J connectivity index is 3.88. The number of unbranched alkanes of at least 4 members (excludes halogenated alkanes) is 1. The molecular weight excluding hydrogens is 160 g/mol. The van der Waals surface area contributed by atoms with Crippen LogP contribution in [0.4, 0.5) is 0 Å². The van der Waals surface area contributed by atoms with E-state index in [1.165, 1.54) is 0 Å². The van der Waals surface area contributed by atoms with Crippen LogP contribution in [0, 0.1) is 0 Å². The molecule has 0 rings (SSSR count). The summed E-state index contributed by atoms with van der Waals surface area (Å²) in [5, 5.41) is 17.3. The van der Waals surface area contributed by atoms with Crippen LogP contribution in [0.3, 0.4) is 0 Å². The molecule has 1 unspecified atom stereocenters. The number of nitrogens with two attached hydrogens (primary N) is 2. The number of aliphatic carboxylic acids is 1. The van der Waals surface area contributed by atoms with Crippen molar-refractivity contribution in [3.05, 3.63) is 0 Å². The highest BCUT2D eigenvalue weighted by Gasteiger charge is 2.32. The van der Waals surface area contributed by atoms with Crippen molar-refractivity contribution in [1.82, 2.24) is 0 Å². The standard InChI is InChI=1S/C7H16N2O3/c8-4-2-1-3-7(9,5-10)6(11)12/h10H,1-5,8-9H2,(H,11,12). The zero-order valence-electron chi connectivity index (χ0n) is 6.99. The van der Waals surface area contributed by atoms with Crippen LogP contribution in [0.1, 0.15) is 19.3 Å². The van der Waals surface area contributed by atoms with Crippen LogP contribution >= 0.6 is 0 Å². The number of aliphatic hydroxyl groups is 1. The Morgan fingerprint density at radius 3 is 2.33 bits per heavy atom. The molecule has 0 saturated carbocycles. The first kappa shape index (κ1) is 11.4. The number of carbonyl (C=O) groups is 1. The van der Waals surface area contributed by atoms with E-state index < -0.39 is 18.1 Å². The molecule has 0 radical (unpaired) electrons. The molecule has 0 aliphatic rings. The van der Waals surface area contributed by atoms with Crippen LogP contribution in [0.15, 0.2) is 0 Å². The first-order valence-electron chi connectivity index (χ1n) is 3.90. The van der Waals surface area contributed by atoms with Crippen molar-refractivity contribution in [2.24, 2.45) is 11.5 Å². The predicted octanol–water partition coefficient (Wildman–Crippen LogP) is -1.11. The third-order valence-corrected chi connectivity index (χ3v) is 1.79. The largest absolute Gasteiger partial charge is 0.480 e. The second-order valence-corrected chi connectivity index (χ2v) is 2.87. The minimum atomic E-state index is -1.49. The van der Waals surface area contributed by atoms with Crippen molar-refractivity contribution < 1.29 is 15.0 Å². The first-order chi connectivity index (χ1) is 5.56. The molecule has 0 aromatic carbocycles. The van der Waals surface area contributed by atoms with Gasteiger partial charge in [0.05, 0.1) is 6.61 Å². The van der Waals surface area contributed by atoms with Gasteiger partial charge in [-0.3, -0.25) is 4.79 Å². The van der Waals surface area contributed by atoms with E-state index in [4.69, 9.17) is 21.7 Å². The van der Waals surface area contributed by atoms with Crippen LogP contribution in [-0.2, 0) is 4.79 Å². The average Bonchev–Trinajstić information content (AvgIpc) is 2.04. The zero-order valence-corrected chi connectivity index (χ0v) is 6.99. The van der Waals surface area contributed by atoms with Crippen molar-refractivity contribution in [2.75, 3.05) is 13.2 Å². The normalized spacial score (nSPS) is 15.6. The van der Waals surface area contributed by atoms with Crippen molar-refractivity contribution in [3.63, 3.8) is 0 Å². The molecular formula is C7H16N2O3. The fourth-order valence-corrected chi connectivity index (χ4v) is 0.838. The summed E-state index contributed by atoms with van der Waals surface area (Å²) in [6.45, 7) is -0.0198. The summed E-state index contributed by atoms with van der Waals surface area (Å²) in [5.41, 5.74) is 9.12. The molecule has 0 bridgehead atoms. The van der Waals surface area contributed by atoms with Crippen LogP contribution in [0.25, 0.3) is 0 Å². The molecule has 0 amide bonds. The van der Waals surface area contributed by atoms with E-state index in [9.17, 15) is 4.79 Å². The molecule has 0 aromatic heterocycles. The van der Waals surface area contributed by atoms with Gasteiger partial charge in [-0.25, -0.2) is 0 Å². The molecule has 0 saturated heterocycles. The van der Waals surface area contributed by atoms with Gasteiger partial charge in [0.25, 0.3) is 0 Å². The number of hydrogen-bond acceptors (Lipinski definition) is 4. The van der Waals surface area contributed by atoms with Crippen molar-refractivity contribution >= 4 is 5.97 Å². The molecule has 6 N–H and O–H groups in total. The Morgan fingerprint density at radius 2 is 2.00 bits per heavy atom. The van der Waals surface area contributed by atoms with Crippen molar-refractivity contribution in [1.29, 1.82) is 0 Å². The van der Waals surface area contributed by atoms with Gasteiger partial charge in [0.1, 0.15) is 5.54 Å². The van der Waals surface area contributed by atoms with Gasteiger partial charge < -0.3 is 21.7 Å². The molecule has 0 spiro atoms. The van der Waals surface area contributed by atoms with Gasteiger partial charge in [-0.1, -0.05) is 0 Å². The molecule has 5 heteroatoms. The predicted molar refractivity (Wildman–Crippen MR) is 44.5 cm³/mol. The highest BCUT2D eigenvalue weighted by atomic mass is 16.4. The number of aliphatic hydroxyl groups excluding tert-OH is 1. The highest BCUT2D eigenvalue weighted by molar-refractivity contribution is 5.78. The Morgan fingerprint density at radius 1 is 1.42 bits per heavy atom. The Hall–Kier alpha value is -0.650. The summed E-state index contributed by atoms with van der Waals surface area (Å²) < 4.78 is 0. The molecule has 0 aromatic rings. The summed E-state index contributed by atoms with van der Waals surface area (Å²) in [7, 11) is 0. The molecule has 0 aliphatic heterocycles. The van der Waals surface area contributed by atoms with E-state index >= 15 is 0 Å². The molecule has 12 heavy (non-hydrogen) atoms. The lowest BCUT2D eigenvalue weighted by molar-refractivity contribution is -0.145. The maximum Gasteiger partial charge on any atom is 0.326 e. The van der Waals surface area contributed by atoms with Crippen LogP contribution in [0.2, 0.25) is 0 Å². The topological polar surface area (TPSA) is 110 Å². The smallest absolute Gasteiger partial charge is 0.326 e. The lowest BCUT2D eigenvalue weighted by Gasteiger charge is -2.21. The lowest BCUT2D eigenvalue weighted by atomic mass is 9.95. The van der Waals surface area contributed by atoms with Gasteiger partial charge in [-0.2, -0.15) is 0 Å².